The van der Waals surface area contributed by atoms with Crippen LogP contribution in [0.1, 0.15) is 32.1 Å². The highest BCUT2D eigenvalue weighted by Crippen LogP contribution is 2.23. The average molecular weight is 412 g/mol. The molecule has 3 aromatic rings. The maximum atomic E-state index is 12.8. The summed E-state index contributed by atoms with van der Waals surface area (Å²) in [7, 11) is 0. The molecule has 2 aromatic heterocycles. The molecule has 0 unspecified atom stereocenters. The molecule has 1 aromatic carbocycles. The molecule has 1 amide bonds. The van der Waals surface area contributed by atoms with Crippen molar-refractivity contribution in [3.05, 3.63) is 47.3 Å². The average Bonchev–Trinajstić information content (AvgIpc) is 3.18. The van der Waals surface area contributed by atoms with Crippen LogP contribution in [-0.2, 0) is 11.3 Å². The number of allylic oxidation sites excluding steroid dienone is 1. The van der Waals surface area contributed by atoms with Crippen molar-refractivity contribution in [3.63, 3.8) is 0 Å². The quantitative estimate of drug-likeness (QED) is 0.477. The standard InChI is InChI=1S/C21H25N5O2S/c1-2-12-25-19(28)16-10-6-7-11-17(16)26-20(25)23-24-21(26)29-14-18(27)22-13-15-8-4-3-5-9-15/h2,6-7,10-11,15H,1,3-5,8-9,12-14H2,(H,22,27). The van der Waals surface area contributed by atoms with Crippen LogP contribution >= 0.6 is 11.8 Å². The summed E-state index contributed by atoms with van der Waals surface area (Å²) in [6.07, 6.45) is 7.91. The molecule has 0 spiro atoms. The predicted molar refractivity (Wildman–Crippen MR) is 115 cm³/mol. The molecular weight excluding hydrogens is 386 g/mol. The zero-order valence-corrected chi connectivity index (χ0v) is 17.2. The van der Waals surface area contributed by atoms with Gasteiger partial charge in [0.25, 0.3) is 5.56 Å². The second-order valence-corrected chi connectivity index (χ2v) is 8.38. The Labute approximate surface area is 173 Å². The van der Waals surface area contributed by atoms with Crippen molar-refractivity contribution in [1.29, 1.82) is 0 Å². The summed E-state index contributed by atoms with van der Waals surface area (Å²) in [4.78, 5) is 25.2. The van der Waals surface area contributed by atoms with Gasteiger partial charge in [0.1, 0.15) is 0 Å². The molecule has 2 heterocycles. The first kappa shape index (κ1) is 19.7. The van der Waals surface area contributed by atoms with Crippen LogP contribution in [0, 0.1) is 5.92 Å². The third-order valence-corrected chi connectivity index (χ3v) is 6.36. The van der Waals surface area contributed by atoms with Crippen LogP contribution in [0.2, 0.25) is 0 Å². The molecule has 8 heteroatoms. The monoisotopic (exact) mass is 411 g/mol. The van der Waals surface area contributed by atoms with E-state index in [-0.39, 0.29) is 17.2 Å². The van der Waals surface area contributed by atoms with Gasteiger partial charge in [0.05, 0.1) is 16.7 Å². The van der Waals surface area contributed by atoms with Crippen LogP contribution in [0.25, 0.3) is 16.7 Å². The molecule has 1 fully saturated rings. The van der Waals surface area contributed by atoms with Gasteiger partial charge in [-0.2, -0.15) is 0 Å². The van der Waals surface area contributed by atoms with Crippen molar-refractivity contribution in [2.45, 2.75) is 43.8 Å². The van der Waals surface area contributed by atoms with Crippen LogP contribution in [0.5, 0.6) is 0 Å². The SMILES string of the molecule is C=CCn1c(=O)c2ccccc2n2c(SCC(=O)NCC3CCCCC3)nnc12. The van der Waals surface area contributed by atoms with Crippen molar-refractivity contribution in [2.75, 3.05) is 12.3 Å². The van der Waals surface area contributed by atoms with E-state index in [1.165, 1.54) is 43.9 Å². The van der Waals surface area contributed by atoms with Crippen molar-refractivity contribution in [3.8, 4) is 0 Å². The van der Waals surface area contributed by atoms with Crippen LogP contribution in [0.3, 0.4) is 0 Å². The fraction of sp³-hybridized carbons (Fsp3) is 0.429. The largest absolute Gasteiger partial charge is 0.355 e. The number of hydrogen-bond donors (Lipinski definition) is 1. The van der Waals surface area contributed by atoms with Gasteiger partial charge in [0, 0.05) is 13.1 Å². The van der Waals surface area contributed by atoms with Crippen molar-refractivity contribution < 1.29 is 4.79 Å². The lowest BCUT2D eigenvalue weighted by Gasteiger charge is -2.21. The number of thioether (sulfide) groups is 1. The van der Waals surface area contributed by atoms with Crippen LogP contribution in [-0.4, -0.2) is 37.4 Å². The first-order valence-corrected chi connectivity index (χ1v) is 11.0. The second kappa shape index (κ2) is 8.82. The summed E-state index contributed by atoms with van der Waals surface area (Å²) in [5, 5.41) is 12.7. The molecule has 1 saturated carbocycles. The molecule has 1 N–H and O–H groups in total. The topological polar surface area (TPSA) is 81.3 Å². The van der Waals surface area contributed by atoms with Crippen molar-refractivity contribution in [2.24, 2.45) is 5.92 Å². The summed E-state index contributed by atoms with van der Waals surface area (Å²) in [6.45, 7) is 4.83. The normalized spacial score (nSPS) is 15.0. The van der Waals surface area contributed by atoms with E-state index in [4.69, 9.17) is 0 Å². The summed E-state index contributed by atoms with van der Waals surface area (Å²) in [5.41, 5.74) is 0.616. The Balaban J connectivity index is 1.55. The molecule has 1 aliphatic rings. The van der Waals surface area contributed by atoms with Crippen LogP contribution in [0.15, 0.2) is 46.9 Å². The Morgan fingerprint density at radius 2 is 2.03 bits per heavy atom. The highest BCUT2D eigenvalue weighted by molar-refractivity contribution is 7.99. The lowest BCUT2D eigenvalue weighted by atomic mass is 9.89. The van der Waals surface area contributed by atoms with Gasteiger partial charge in [0.2, 0.25) is 11.7 Å². The number of nitrogens with one attached hydrogen (secondary N) is 1. The lowest BCUT2D eigenvalue weighted by Crippen LogP contribution is -2.31. The predicted octanol–water partition coefficient (Wildman–Crippen LogP) is 3.02. The first-order chi connectivity index (χ1) is 14.2. The number of carbonyl (C=O) groups is 1. The van der Waals surface area contributed by atoms with E-state index in [9.17, 15) is 9.59 Å². The zero-order chi connectivity index (χ0) is 20.2. The summed E-state index contributed by atoms with van der Waals surface area (Å²) >= 11 is 1.33. The van der Waals surface area contributed by atoms with Gasteiger partial charge in [0.15, 0.2) is 5.16 Å². The van der Waals surface area contributed by atoms with E-state index in [0.29, 0.717) is 28.8 Å². The Hall–Kier alpha value is -2.61. The van der Waals surface area contributed by atoms with Crippen LogP contribution in [0.4, 0.5) is 0 Å². The summed E-state index contributed by atoms with van der Waals surface area (Å²) < 4.78 is 3.40. The second-order valence-electron chi connectivity index (χ2n) is 7.44. The lowest BCUT2D eigenvalue weighted by molar-refractivity contribution is -0.118. The highest BCUT2D eigenvalue weighted by Gasteiger charge is 2.18. The van der Waals surface area contributed by atoms with Gasteiger partial charge < -0.3 is 5.32 Å². The number of para-hydroxylation sites is 1. The van der Waals surface area contributed by atoms with E-state index in [1.807, 2.05) is 22.6 Å². The van der Waals surface area contributed by atoms with Gasteiger partial charge in [-0.05, 0) is 30.9 Å². The van der Waals surface area contributed by atoms with E-state index >= 15 is 0 Å². The molecule has 7 nitrogen and oxygen atoms in total. The number of amides is 1. The van der Waals surface area contributed by atoms with Gasteiger partial charge in [-0.3, -0.25) is 18.6 Å². The molecule has 4 rings (SSSR count). The highest BCUT2D eigenvalue weighted by atomic mass is 32.2. The van der Waals surface area contributed by atoms with Gasteiger partial charge in [-0.1, -0.05) is 49.2 Å². The Morgan fingerprint density at radius 1 is 1.24 bits per heavy atom. The number of carbonyl (C=O) groups excluding carboxylic acids is 1. The van der Waals surface area contributed by atoms with Gasteiger partial charge in [-0.15, -0.1) is 16.8 Å². The zero-order valence-electron chi connectivity index (χ0n) is 16.3. The minimum Gasteiger partial charge on any atom is -0.355 e. The molecule has 0 saturated heterocycles. The summed E-state index contributed by atoms with van der Waals surface area (Å²) in [5.74, 6) is 1.33. The first-order valence-electron chi connectivity index (χ1n) is 10.1. The molecule has 0 aliphatic heterocycles. The fourth-order valence-corrected chi connectivity index (χ4v) is 4.72. The van der Waals surface area contributed by atoms with E-state index in [1.54, 1.807) is 16.7 Å². The number of rotatable bonds is 7. The molecule has 0 atom stereocenters. The molecule has 0 radical (unpaired) electrons. The molecule has 29 heavy (non-hydrogen) atoms. The minimum absolute atomic E-state index is 0.000965. The van der Waals surface area contributed by atoms with Crippen LogP contribution < -0.4 is 10.9 Å². The van der Waals surface area contributed by atoms with Crippen molar-refractivity contribution >= 4 is 34.3 Å². The van der Waals surface area contributed by atoms with E-state index in [0.717, 1.165) is 12.1 Å². The number of hydrogen-bond acceptors (Lipinski definition) is 5. The van der Waals surface area contributed by atoms with Gasteiger partial charge in [-0.25, -0.2) is 0 Å². The van der Waals surface area contributed by atoms with E-state index in [2.05, 4.69) is 22.1 Å². The molecule has 1 aliphatic carbocycles. The number of aromatic nitrogens is 4. The maximum absolute atomic E-state index is 12.8. The maximum Gasteiger partial charge on any atom is 0.263 e. The Morgan fingerprint density at radius 3 is 2.83 bits per heavy atom. The van der Waals surface area contributed by atoms with Gasteiger partial charge >= 0.3 is 0 Å². The smallest absolute Gasteiger partial charge is 0.263 e. The number of fused-ring (bicyclic) bond motifs is 3. The Kier molecular flexibility index (Phi) is 5.99. The van der Waals surface area contributed by atoms with E-state index < -0.39 is 0 Å². The van der Waals surface area contributed by atoms with Crippen molar-refractivity contribution in [1.82, 2.24) is 24.5 Å². The number of benzene rings is 1. The fourth-order valence-electron chi connectivity index (χ4n) is 3.95. The molecule has 152 valence electrons. The molecular formula is C21H25N5O2S. The Bertz CT molecular complexity index is 1100. The third-order valence-electron chi connectivity index (χ3n) is 5.43. The third kappa shape index (κ3) is 4.07. The molecule has 0 bridgehead atoms. The summed E-state index contributed by atoms with van der Waals surface area (Å²) in [6, 6.07) is 7.38. The number of nitrogens with zero attached hydrogens (tertiary/aromatic N) is 4. The minimum atomic E-state index is -0.123.